The van der Waals surface area contributed by atoms with Crippen molar-refractivity contribution in [1.82, 2.24) is 0 Å². The van der Waals surface area contributed by atoms with Gasteiger partial charge in [-0.15, -0.1) is 0 Å². The van der Waals surface area contributed by atoms with Crippen LogP contribution in [0.25, 0.3) is 0 Å². The van der Waals surface area contributed by atoms with E-state index < -0.39 is 17.5 Å². The first-order valence-electron chi connectivity index (χ1n) is 10.7. The summed E-state index contributed by atoms with van der Waals surface area (Å²) < 4.78 is 10.8. The summed E-state index contributed by atoms with van der Waals surface area (Å²) in [5.41, 5.74) is 2.10. The Morgan fingerprint density at radius 1 is 0.935 bits per heavy atom. The number of benzene rings is 2. The fraction of sp³-hybridized carbons (Fsp3) is 0.400. The number of Topliss-reactive ketones (excluding diaryl/α,β-unsaturated/α-hetero) is 1. The van der Waals surface area contributed by atoms with Crippen LogP contribution in [0.4, 0.5) is 5.69 Å². The van der Waals surface area contributed by atoms with E-state index in [4.69, 9.17) is 9.47 Å². The maximum Gasteiger partial charge on any atom is 0.343 e. The van der Waals surface area contributed by atoms with Gasteiger partial charge in [-0.1, -0.05) is 42.5 Å². The van der Waals surface area contributed by atoms with Crippen molar-refractivity contribution in [2.45, 2.75) is 52.1 Å². The average molecular weight is 424 g/mol. The molecule has 0 aliphatic carbocycles. The van der Waals surface area contributed by atoms with Crippen molar-refractivity contribution in [2.75, 3.05) is 18.1 Å². The number of esters is 2. The van der Waals surface area contributed by atoms with Gasteiger partial charge >= 0.3 is 11.9 Å². The smallest absolute Gasteiger partial charge is 0.343 e. The third kappa shape index (κ3) is 4.63. The van der Waals surface area contributed by atoms with Crippen LogP contribution in [0.2, 0.25) is 0 Å². The first-order chi connectivity index (χ1) is 14.9. The van der Waals surface area contributed by atoms with Crippen LogP contribution in [0.1, 0.15) is 43.9 Å². The van der Waals surface area contributed by atoms with Crippen molar-refractivity contribution in [1.29, 1.82) is 0 Å². The predicted molar refractivity (Wildman–Crippen MR) is 118 cm³/mol. The van der Waals surface area contributed by atoms with E-state index in [1.54, 1.807) is 20.8 Å². The summed E-state index contributed by atoms with van der Waals surface area (Å²) in [5, 5.41) is 0. The number of ketones is 1. The van der Waals surface area contributed by atoms with Crippen LogP contribution in [-0.2, 0) is 43.2 Å². The molecule has 0 bridgehead atoms. The van der Waals surface area contributed by atoms with Gasteiger partial charge in [0, 0.05) is 18.7 Å². The van der Waals surface area contributed by atoms with E-state index in [1.165, 1.54) is 0 Å². The number of ether oxygens (including phenoxy) is 2. The molecule has 1 aliphatic rings. The molecule has 0 atom stereocenters. The van der Waals surface area contributed by atoms with Gasteiger partial charge in [-0.25, -0.2) is 9.59 Å². The van der Waals surface area contributed by atoms with Gasteiger partial charge in [-0.3, -0.25) is 4.79 Å². The Hall–Kier alpha value is -3.15. The molecule has 0 saturated carbocycles. The summed E-state index contributed by atoms with van der Waals surface area (Å²) in [6.45, 7) is 5.70. The molecule has 0 fully saturated rings. The minimum atomic E-state index is -1.56. The van der Waals surface area contributed by atoms with Crippen LogP contribution in [-0.4, -0.2) is 36.5 Å². The molecule has 2 aromatic rings. The highest BCUT2D eigenvalue weighted by Gasteiger charge is 2.56. The number of fused-ring (bicyclic) bond motifs is 1. The van der Waals surface area contributed by atoms with Crippen molar-refractivity contribution >= 4 is 23.4 Å². The maximum absolute atomic E-state index is 13.2. The lowest BCUT2D eigenvalue weighted by atomic mass is 9.82. The lowest BCUT2D eigenvalue weighted by molar-refractivity contribution is -0.165. The van der Waals surface area contributed by atoms with E-state index >= 15 is 0 Å². The van der Waals surface area contributed by atoms with Gasteiger partial charge in [0.1, 0.15) is 5.78 Å². The fourth-order valence-corrected chi connectivity index (χ4v) is 4.15. The third-order valence-electron chi connectivity index (χ3n) is 5.51. The maximum atomic E-state index is 13.2. The van der Waals surface area contributed by atoms with Gasteiger partial charge < -0.3 is 14.4 Å². The summed E-state index contributed by atoms with van der Waals surface area (Å²) in [6.07, 6.45) is 1.10. The van der Waals surface area contributed by atoms with Crippen molar-refractivity contribution in [3.8, 4) is 0 Å². The Balaban J connectivity index is 2.14. The van der Waals surface area contributed by atoms with E-state index in [-0.39, 0.29) is 25.4 Å². The van der Waals surface area contributed by atoms with E-state index in [9.17, 15) is 14.4 Å². The van der Waals surface area contributed by atoms with Crippen LogP contribution in [0.5, 0.6) is 0 Å². The molecule has 3 rings (SSSR count). The van der Waals surface area contributed by atoms with Crippen LogP contribution < -0.4 is 4.90 Å². The molecule has 0 spiro atoms. The van der Waals surface area contributed by atoms with Crippen molar-refractivity contribution in [3.63, 3.8) is 0 Å². The molecule has 6 heteroatoms. The second-order valence-corrected chi connectivity index (χ2v) is 7.71. The largest absolute Gasteiger partial charge is 0.464 e. The van der Waals surface area contributed by atoms with Crippen molar-refractivity contribution in [2.24, 2.45) is 0 Å². The molecule has 1 heterocycles. The highest BCUT2D eigenvalue weighted by molar-refractivity contribution is 6.09. The lowest BCUT2D eigenvalue weighted by Gasteiger charge is -2.45. The molecule has 0 aromatic heterocycles. The third-order valence-corrected chi connectivity index (χ3v) is 5.51. The molecule has 0 N–H and O–H groups in total. The Kier molecular flexibility index (Phi) is 7.10. The summed E-state index contributed by atoms with van der Waals surface area (Å²) in [4.78, 5) is 39.9. The van der Waals surface area contributed by atoms with Gasteiger partial charge in [-0.05, 0) is 56.4 Å². The molecule has 31 heavy (non-hydrogen) atoms. The van der Waals surface area contributed by atoms with Crippen LogP contribution in [0, 0.1) is 0 Å². The topological polar surface area (TPSA) is 72.9 Å². The average Bonchev–Trinajstić information content (AvgIpc) is 2.74. The first-order valence-corrected chi connectivity index (χ1v) is 10.7. The minimum absolute atomic E-state index is 0.0873. The van der Waals surface area contributed by atoms with Gasteiger partial charge in [0.05, 0.1) is 13.2 Å². The lowest BCUT2D eigenvalue weighted by Crippen LogP contribution is -2.63. The van der Waals surface area contributed by atoms with E-state index in [0.717, 1.165) is 22.4 Å². The molecule has 0 unspecified atom stereocenters. The normalized spacial score (nSPS) is 14.5. The summed E-state index contributed by atoms with van der Waals surface area (Å²) in [7, 11) is 0. The molecule has 0 amide bonds. The summed E-state index contributed by atoms with van der Waals surface area (Å²) in [5.74, 6) is -1.10. The van der Waals surface area contributed by atoms with Crippen molar-refractivity contribution in [3.05, 3.63) is 65.2 Å². The molecule has 6 nitrogen and oxygen atoms in total. The number of carbonyl (C=O) groups excluding carboxylic acids is 3. The second kappa shape index (κ2) is 9.77. The highest BCUT2D eigenvalue weighted by Crippen LogP contribution is 2.40. The van der Waals surface area contributed by atoms with Gasteiger partial charge in [0.15, 0.2) is 0 Å². The number of carbonyl (C=O) groups is 3. The zero-order valence-electron chi connectivity index (χ0n) is 18.3. The SMILES string of the molecule is CCOC(=O)C1(C(=O)OCC)CCc2cc(CC(C)=O)ccc2N1Cc1ccccc1. The second-order valence-electron chi connectivity index (χ2n) is 7.71. The van der Waals surface area contributed by atoms with Gasteiger partial charge in [0.2, 0.25) is 5.54 Å². The standard InChI is InChI=1S/C25H29NO5/c1-4-30-23(28)25(24(29)31-5-2)14-13-21-16-20(15-18(3)27)11-12-22(21)26(25)17-19-9-7-6-8-10-19/h6-12,16H,4-5,13-15,17H2,1-3H3. The van der Waals surface area contributed by atoms with E-state index in [2.05, 4.69) is 0 Å². The van der Waals surface area contributed by atoms with Crippen molar-refractivity contribution < 1.29 is 23.9 Å². The highest BCUT2D eigenvalue weighted by atomic mass is 16.6. The van der Waals surface area contributed by atoms with Gasteiger partial charge in [0.25, 0.3) is 0 Å². The van der Waals surface area contributed by atoms with E-state index in [0.29, 0.717) is 19.4 Å². The number of hydrogen-bond donors (Lipinski definition) is 0. The zero-order chi connectivity index (χ0) is 22.4. The Labute approximate surface area is 183 Å². The van der Waals surface area contributed by atoms with E-state index in [1.807, 2.05) is 53.4 Å². The quantitative estimate of drug-likeness (QED) is 0.477. The zero-order valence-corrected chi connectivity index (χ0v) is 18.3. The number of hydrogen-bond acceptors (Lipinski definition) is 6. The predicted octanol–water partition coefficient (Wildman–Crippen LogP) is 3.64. The van der Waals surface area contributed by atoms with Crippen LogP contribution in [0.15, 0.2) is 48.5 Å². The Morgan fingerprint density at radius 2 is 1.58 bits per heavy atom. The number of rotatable bonds is 8. The molecule has 0 saturated heterocycles. The molecule has 0 radical (unpaired) electrons. The monoisotopic (exact) mass is 423 g/mol. The molecular formula is C25H29NO5. The molecule has 2 aromatic carbocycles. The summed E-state index contributed by atoms with van der Waals surface area (Å²) >= 11 is 0. The number of nitrogens with zero attached hydrogens (tertiary/aromatic N) is 1. The number of aryl methyl sites for hydroxylation is 1. The van der Waals surface area contributed by atoms with Crippen LogP contribution in [0.3, 0.4) is 0 Å². The Bertz CT molecular complexity index is 936. The Morgan fingerprint density at radius 3 is 2.16 bits per heavy atom. The molecule has 164 valence electrons. The van der Waals surface area contributed by atoms with Gasteiger partial charge in [-0.2, -0.15) is 0 Å². The number of anilines is 1. The van der Waals surface area contributed by atoms with Crippen LogP contribution >= 0.6 is 0 Å². The summed E-state index contributed by atoms with van der Waals surface area (Å²) in [6, 6.07) is 15.5. The fourth-order valence-electron chi connectivity index (χ4n) is 4.15. The molecule has 1 aliphatic heterocycles. The first kappa shape index (κ1) is 22.5. The molecular weight excluding hydrogens is 394 g/mol. The minimum Gasteiger partial charge on any atom is -0.464 e.